The van der Waals surface area contributed by atoms with Crippen LogP contribution in [0.2, 0.25) is 0 Å². The molecule has 0 bridgehead atoms. The second kappa shape index (κ2) is 12.0. The van der Waals surface area contributed by atoms with Gasteiger partial charge in [-0.05, 0) is 98.2 Å². The highest BCUT2D eigenvalue weighted by molar-refractivity contribution is 9.11. The van der Waals surface area contributed by atoms with Crippen LogP contribution in [0, 0.1) is 17.8 Å². The molecular weight excluding hydrogens is 672 g/mol. The number of hydrogen-bond donors (Lipinski definition) is 1. The lowest BCUT2D eigenvalue weighted by Crippen LogP contribution is -2.44. The summed E-state index contributed by atoms with van der Waals surface area (Å²) in [5, 5.41) is 2.90. The zero-order valence-electron chi connectivity index (χ0n) is 25.8. The Hall–Kier alpha value is -2.71. The third-order valence-electron chi connectivity index (χ3n) is 8.59. The van der Waals surface area contributed by atoms with E-state index in [1.165, 1.54) is 0 Å². The Bertz CT molecular complexity index is 1490. The SMILES string of the molecule is CCCN1C2=C(C(=O)CC(C)(C)C2)C(c2cc(Br)c(OCC(=O)Nc3ccccc3C)c(Br)c2)C2=C1CC(C)(C)CC2=O. The number of carbonyl (C=O) groups excluding carboxylic acids is 3. The molecule has 6 nitrogen and oxygen atoms in total. The molecule has 3 aliphatic rings. The number of halogens is 2. The summed E-state index contributed by atoms with van der Waals surface area (Å²) in [7, 11) is 0. The standard InChI is InChI=1S/C35H40Br2N2O4/c1-7-12-39-25-15-34(3,4)17-27(40)31(25)30(32-26(39)16-35(5,6)18-28(32)41)21-13-22(36)33(23(37)14-21)43-19-29(42)38-24-11-9-8-10-20(24)2/h8-11,13-14,30H,7,12,15-19H2,1-6H3,(H,38,42). The van der Waals surface area contributed by atoms with Crippen molar-refractivity contribution < 1.29 is 19.1 Å². The quantitative estimate of drug-likeness (QED) is 0.311. The number of Topliss-reactive ketones (excluding diaryl/α,β-unsaturated/α-hetero) is 2. The summed E-state index contributed by atoms with van der Waals surface area (Å²) in [6.07, 6.45) is 3.39. The van der Waals surface area contributed by atoms with Crippen molar-refractivity contribution in [3.05, 3.63) is 79.0 Å². The lowest BCUT2D eigenvalue weighted by atomic mass is 9.63. The van der Waals surface area contributed by atoms with Gasteiger partial charge in [0.25, 0.3) is 5.91 Å². The summed E-state index contributed by atoms with van der Waals surface area (Å²) in [5.41, 5.74) is 5.90. The predicted octanol–water partition coefficient (Wildman–Crippen LogP) is 8.63. The van der Waals surface area contributed by atoms with E-state index in [1.54, 1.807) is 0 Å². The molecule has 0 saturated heterocycles. The van der Waals surface area contributed by atoms with Gasteiger partial charge in [-0.25, -0.2) is 0 Å². The maximum atomic E-state index is 14.0. The number of nitrogens with one attached hydrogen (secondary N) is 1. The van der Waals surface area contributed by atoms with Crippen LogP contribution >= 0.6 is 31.9 Å². The molecule has 2 aromatic rings. The fraction of sp³-hybridized carbons (Fsp3) is 0.457. The highest BCUT2D eigenvalue weighted by Gasteiger charge is 2.49. The smallest absolute Gasteiger partial charge is 0.262 e. The number of benzene rings is 2. The van der Waals surface area contributed by atoms with Crippen molar-refractivity contribution >= 4 is 55.0 Å². The summed E-state index contributed by atoms with van der Waals surface area (Å²) >= 11 is 7.35. The van der Waals surface area contributed by atoms with Crippen molar-refractivity contribution in [3.8, 4) is 5.75 Å². The predicted molar refractivity (Wildman–Crippen MR) is 177 cm³/mol. The number of carbonyl (C=O) groups is 3. The summed E-state index contributed by atoms with van der Waals surface area (Å²) in [4.78, 5) is 42.9. The van der Waals surface area contributed by atoms with Crippen LogP contribution in [0.25, 0.3) is 0 Å². The van der Waals surface area contributed by atoms with Gasteiger partial charge in [0.05, 0.1) is 8.95 Å². The molecule has 0 aromatic heterocycles. The number of amides is 1. The molecule has 5 rings (SSSR count). The van der Waals surface area contributed by atoms with E-state index >= 15 is 0 Å². The van der Waals surface area contributed by atoms with E-state index in [0.717, 1.165) is 65.2 Å². The average molecular weight is 713 g/mol. The Morgan fingerprint density at radius 1 is 0.930 bits per heavy atom. The highest BCUT2D eigenvalue weighted by atomic mass is 79.9. The zero-order valence-corrected chi connectivity index (χ0v) is 29.0. The first kappa shape index (κ1) is 31.7. The first-order valence-electron chi connectivity index (χ1n) is 15.0. The van der Waals surface area contributed by atoms with E-state index in [1.807, 2.05) is 43.3 Å². The van der Waals surface area contributed by atoms with Gasteiger partial charge < -0.3 is 15.0 Å². The van der Waals surface area contributed by atoms with Crippen LogP contribution in [0.1, 0.15) is 83.8 Å². The van der Waals surface area contributed by atoms with Crippen molar-refractivity contribution in [1.29, 1.82) is 0 Å². The molecular formula is C35H40Br2N2O4. The van der Waals surface area contributed by atoms with Crippen LogP contribution in [0.15, 0.2) is 67.9 Å². The number of ether oxygens (including phenoxy) is 1. The Kier molecular flexibility index (Phi) is 8.85. The molecule has 0 radical (unpaired) electrons. The van der Waals surface area contributed by atoms with Gasteiger partial charge in [-0.15, -0.1) is 0 Å². The van der Waals surface area contributed by atoms with Gasteiger partial charge in [0.1, 0.15) is 5.75 Å². The third kappa shape index (κ3) is 6.41. The molecule has 0 atom stereocenters. The Morgan fingerprint density at radius 2 is 1.47 bits per heavy atom. The number of hydrogen-bond acceptors (Lipinski definition) is 5. The minimum atomic E-state index is -0.448. The average Bonchev–Trinajstić information content (AvgIpc) is 2.89. The molecule has 2 aliphatic carbocycles. The van der Waals surface area contributed by atoms with Gasteiger partial charge in [0, 0.05) is 53.5 Å². The Balaban J connectivity index is 1.54. The summed E-state index contributed by atoms with van der Waals surface area (Å²) in [5.74, 6) is -0.00102. The summed E-state index contributed by atoms with van der Waals surface area (Å²) in [6, 6.07) is 11.5. The highest BCUT2D eigenvalue weighted by Crippen LogP contribution is 2.55. The number of aryl methyl sites for hydroxylation is 1. The first-order valence-corrected chi connectivity index (χ1v) is 16.6. The summed E-state index contributed by atoms with van der Waals surface area (Å²) < 4.78 is 7.26. The number of allylic oxidation sites excluding steroid dienone is 4. The molecule has 1 N–H and O–H groups in total. The maximum Gasteiger partial charge on any atom is 0.262 e. The van der Waals surface area contributed by atoms with Crippen molar-refractivity contribution in [2.75, 3.05) is 18.5 Å². The number of ketones is 2. The molecule has 43 heavy (non-hydrogen) atoms. The lowest BCUT2D eigenvalue weighted by Gasteiger charge is -2.49. The molecule has 8 heteroatoms. The van der Waals surface area contributed by atoms with Crippen LogP contribution in [-0.2, 0) is 14.4 Å². The largest absolute Gasteiger partial charge is 0.481 e. The van der Waals surface area contributed by atoms with Crippen molar-refractivity contribution in [2.24, 2.45) is 10.8 Å². The number of nitrogens with zero attached hydrogens (tertiary/aromatic N) is 1. The number of para-hydroxylation sites is 1. The van der Waals surface area contributed by atoms with E-state index in [0.29, 0.717) is 27.5 Å². The number of rotatable bonds is 7. The van der Waals surface area contributed by atoms with E-state index in [9.17, 15) is 14.4 Å². The van der Waals surface area contributed by atoms with Crippen molar-refractivity contribution in [1.82, 2.24) is 4.90 Å². The second-order valence-corrected chi connectivity index (χ2v) is 15.4. The van der Waals surface area contributed by atoms with E-state index in [2.05, 4.69) is 76.7 Å². The minimum absolute atomic E-state index is 0.113. The Morgan fingerprint density at radius 3 is 1.98 bits per heavy atom. The number of anilines is 1. The lowest BCUT2D eigenvalue weighted by molar-refractivity contribution is -0.120. The molecule has 0 fully saturated rings. The second-order valence-electron chi connectivity index (χ2n) is 13.7. The molecule has 1 aliphatic heterocycles. The van der Waals surface area contributed by atoms with Crippen LogP contribution in [0.5, 0.6) is 5.75 Å². The maximum absolute atomic E-state index is 14.0. The van der Waals surface area contributed by atoms with Crippen molar-refractivity contribution in [2.45, 2.75) is 79.6 Å². The van der Waals surface area contributed by atoms with Crippen LogP contribution < -0.4 is 10.1 Å². The van der Waals surface area contributed by atoms with Gasteiger partial charge in [0.2, 0.25) is 0 Å². The first-order chi connectivity index (χ1) is 20.2. The van der Waals surface area contributed by atoms with Gasteiger partial charge in [-0.3, -0.25) is 14.4 Å². The minimum Gasteiger partial charge on any atom is -0.481 e. The van der Waals surface area contributed by atoms with Crippen LogP contribution in [-0.4, -0.2) is 35.5 Å². The molecule has 0 saturated carbocycles. The zero-order chi connectivity index (χ0) is 31.3. The summed E-state index contributed by atoms with van der Waals surface area (Å²) in [6.45, 7) is 13.3. The normalized spacial score (nSPS) is 19.8. The van der Waals surface area contributed by atoms with E-state index in [4.69, 9.17) is 4.74 Å². The van der Waals surface area contributed by atoms with Crippen LogP contribution in [0.4, 0.5) is 5.69 Å². The molecule has 1 heterocycles. The van der Waals surface area contributed by atoms with E-state index in [-0.39, 0.29) is 34.9 Å². The van der Waals surface area contributed by atoms with Gasteiger partial charge in [-0.2, -0.15) is 0 Å². The van der Waals surface area contributed by atoms with E-state index < -0.39 is 5.92 Å². The molecule has 0 unspecified atom stereocenters. The molecule has 1 amide bonds. The third-order valence-corrected chi connectivity index (χ3v) is 9.77. The van der Waals surface area contributed by atoms with Crippen molar-refractivity contribution in [3.63, 3.8) is 0 Å². The fourth-order valence-electron chi connectivity index (χ4n) is 6.80. The fourth-order valence-corrected chi connectivity index (χ4v) is 8.25. The van der Waals surface area contributed by atoms with Gasteiger partial charge in [0.15, 0.2) is 18.2 Å². The van der Waals surface area contributed by atoms with Crippen LogP contribution in [0.3, 0.4) is 0 Å². The topological polar surface area (TPSA) is 75.7 Å². The molecule has 2 aromatic carbocycles. The molecule has 228 valence electrons. The van der Waals surface area contributed by atoms with Gasteiger partial charge >= 0.3 is 0 Å². The Labute approximate surface area is 271 Å². The van der Waals surface area contributed by atoms with Gasteiger partial charge in [-0.1, -0.05) is 52.8 Å². The molecule has 0 spiro atoms. The monoisotopic (exact) mass is 710 g/mol.